The molecule has 0 radical (unpaired) electrons. The summed E-state index contributed by atoms with van der Waals surface area (Å²) in [6.07, 6.45) is -0.0912. The van der Waals surface area contributed by atoms with Gasteiger partial charge in [-0.15, -0.1) is 11.8 Å². The number of thioether (sulfide) groups is 1. The van der Waals surface area contributed by atoms with Crippen molar-refractivity contribution < 1.29 is 18.0 Å². The normalized spacial score (nSPS) is 11.2. The highest BCUT2D eigenvalue weighted by atomic mass is 32.2. The predicted octanol–water partition coefficient (Wildman–Crippen LogP) is 5.04. The second-order valence-corrected chi connectivity index (χ2v) is 6.61. The van der Waals surface area contributed by atoms with Crippen LogP contribution in [0.1, 0.15) is 21.6 Å². The molecular formula is C19H14F3N3OS. The topological polar surface area (TPSA) is 54.9 Å². The maximum Gasteiger partial charge on any atom is 0.433 e. The number of alkyl halides is 3. The molecular weight excluding hydrogens is 375 g/mol. The Morgan fingerprint density at radius 2 is 1.81 bits per heavy atom. The summed E-state index contributed by atoms with van der Waals surface area (Å²) < 4.78 is 37.5. The van der Waals surface area contributed by atoms with Gasteiger partial charge in [-0.3, -0.25) is 14.8 Å². The minimum absolute atomic E-state index is 0.0537. The molecule has 0 saturated heterocycles. The number of pyridine rings is 2. The molecule has 8 heteroatoms. The highest BCUT2D eigenvalue weighted by molar-refractivity contribution is 7.98. The van der Waals surface area contributed by atoms with Crippen LogP contribution in [0.2, 0.25) is 0 Å². The van der Waals surface area contributed by atoms with Crippen LogP contribution in [0.5, 0.6) is 0 Å². The molecule has 0 saturated carbocycles. The van der Waals surface area contributed by atoms with E-state index in [0.717, 1.165) is 34.5 Å². The molecule has 27 heavy (non-hydrogen) atoms. The summed E-state index contributed by atoms with van der Waals surface area (Å²) in [5.74, 6) is 0.253. The Morgan fingerprint density at radius 3 is 2.41 bits per heavy atom. The van der Waals surface area contributed by atoms with Crippen LogP contribution in [-0.4, -0.2) is 15.9 Å². The van der Waals surface area contributed by atoms with Gasteiger partial charge in [-0.2, -0.15) is 13.2 Å². The number of amides is 1. The lowest BCUT2D eigenvalue weighted by atomic mass is 10.2. The molecule has 0 fully saturated rings. The first kappa shape index (κ1) is 18.9. The Kier molecular flexibility index (Phi) is 5.75. The van der Waals surface area contributed by atoms with Crippen LogP contribution in [0.4, 0.5) is 18.9 Å². The van der Waals surface area contributed by atoms with Crippen molar-refractivity contribution in [2.45, 2.75) is 16.8 Å². The third-order valence-electron chi connectivity index (χ3n) is 3.56. The van der Waals surface area contributed by atoms with Gasteiger partial charge in [0.2, 0.25) is 0 Å². The van der Waals surface area contributed by atoms with E-state index in [-0.39, 0.29) is 5.56 Å². The molecule has 0 aliphatic heterocycles. The van der Waals surface area contributed by atoms with Gasteiger partial charge in [0, 0.05) is 34.9 Å². The van der Waals surface area contributed by atoms with Crippen LogP contribution < -0.4 is 5.32 Å². The van der Waals surface area contributed by atoms with E-state index in [1.54, 1.807) is 36.3 Å². The lowest BCUT2D eigenvalue weighted by Gasteiger charge is -2.08. The van der Waals surface area contributed by atoms with Gasteiger partial charge >= 0.3 is 6.18 Å². The minimum Gasteiger partial charge on any atom is -0.322 e. The highest BCUT2D eigenvalue weighted by Crippen LogP contribution is 2.27. The van der Waals surface area contributed by atoms with Crippen LogP contribution >= 0.6 is 11.8 Å². The van der Waals surface area contributed by atoms with E-state index in [1.807, 2.05) is 24.3 Å². The second kappa shape index (κ2) is 8.22. The van der Waals surface area contributed by atoms with Crippen LogP contribution in [0.3, 0.4) is 0 Å². The maximum absolute atomic E-state index is 12.5. The van der Waals surface area contributed by atoms with E-state index in [1.165, 1.54) is 0 Å². The maximum atomic E-state index is 12.5. The standard InChI is InChI=1S/C19H14F3N3OS/c20-19(21,22)17-8-3-14(11-24-17)18(26)25-15-4-6-16(7-5-15)27-12-13-2-1-9-23-10-13/h1-11H,12H2,(H,25,26). The lowest BCUT2D eigenvalue weighted by molar-refractivity contribution is -0.141. The average Bonchev–Trinajstić information content (AvgIpc) is 2.68. The number of halogens is 3. The van der Waals surface area contributed by atoms with Crippen molar-refractivity contribution in [3.8, 4) is 0 Å². The average molecular weight is 389 g/mol. The van der Waals surface area contributed by atoms with Crippen molar-refractivity contribution in [2.75, 3.05) is 5.32 Å². The number of hydrogen-bond donors (Lipinski definition) is 1. The summed E-state index contributed by atoms with van der Waals surface area (Å²) in [5, 5.41) is 2.64. The van der Waals surface area contributed by atoms with Crippen LogP contribution in [0.25, 0.3) is 0 Å². The summed E-state index contributed by atoms with van der Waals surface area (Å²) in [6, 6.07) is 13.0. The lowest BCUT2D eigenvalue weighted by Crippen LogP contribution is -2.14. The number of benzene rings is 1. The number of rotatable bonds is 5. The SMILES string of the molecule is O=C(Nc1ccc(SCc2cccnc2)cc1)c1ccc(C(F)(F)F)nc1. The predicted molar refractivity (Wildman–Crippen MR) is 97.4 cm³/mol. The van der Waals surface area contributed by atoms with Gasteiger partial charge in [-0.1, -0.05) is 6.07 Å². The van der Waals surface area contributed by atoms with Gasteiger partial charge in [0.15, 0.2) is 0 Å². The van der Waals surface area contributed by atoms with E-state index in [9.17, 15) is 18.0 Å². The first-order valence-electron chi connectivity index (χ1n) is 7.88. The Hall–Kier alpha value is -2.87. The van der Waals surface area contributed by atoms with Crippen molar-refractivity contribution in [2.24, 2.45) is 0 Å². The first-order chi connectivity index (χ1) is 12.9. The van der Waals surface area contributed by atoms with E-state index in [4.69, 9.17) is 0 Å². The fourth-order valence-corrected chi connectivity index (χ4v) is 3.02. The van der Waals surface area contributed by atoms with E-state index in [0.29, 0.717) is 5.69 Å². The molecule has 1 aromatic carbocycles. The Labute approximate surface area is 157 Å². The van der Waals surface area contributed by atoms with Crippen LogP contribution in [0.15, 0.2) is 72.0 Å². The largest absolute Gasteiger partial charge is 0.433 e. The number of anilines is 1. The van der Waals surface area contributed by atoms with Crippen molar-refractivity contribution in [3.05, 3.63) is 83.9 Å². The zero-order chi connectivity index (χ0) is 19.3. The molecule has 0 bridgehead atoms. The van der Waals surface area contributed by atoms with Crippen LogP contribution in [0, 0.1) is 0 Å². The monoisotopic (exact) mass is 389 g/mol. The molecule has 138 valence electrons. The summed E-state index contributed by atoms with van der Waals surface area (Å²) in [6.45, 7) is 0. The van der Waals surface area contributed by atoms with Crippen molar-refractivity contribution in [3.63, 3.8) is 0 Å². The zero-order valence-corrected chi connectivity index (χ0v) is 14.7. The van der Waals surface area contributed by atoms with E-state index >= 15 is 0 Å². The molecule has 3 rings (SSSR count). The molecule has 3 aromatic rings. The number of carbonyl (C=O) groups is 1. The fourth-order valence-electron chi connectivity index (χ4n) is 2.18. The third-order valence-corrected chi connectivity index (χ3v) is 4.64. The molecule has 1 amide bonds. The summed E-state index contributed by atoms with van der Waals surface area (Å²) >= 11 is 1.63. The van der Waals surface area contributed by atoms with E-state index < -0.39 is 17.8 Å². The van der Waals surface area contributed by atoms with E-state index in [2.05, 4.69) is 15.3 Å². The first-order valence-corrected chi connectivity index (χ1v) is 8.87. The van der Waals surface area contributed by atoms with Gasteiger partial charge in [-0.05, 0) is 48.0 Å². The number of hydrogen-bond acceptors (Lipinski definition) is 4. The number of nitrogens with one attached hydrogen (secondary N) is 1. The number of nitrogens with zero attached hydrogens (tertiary/aromatic N) is 2. The van der Waals surface area contributed by atoms with Crippen LogP contribution in [-0.2, 0) is 11.9 Å². The van der Waals surface area contributed by atoms with Crippen molar-refractivity contribution in [1.82, 2.24) is 9.97 Å². The highest BCUT2D eigenvalue weighted by Gasteiger charge is 2.32. The molecule has 2 aromatic heterocycles. The Balaban J connectivity index is 1.58. The molecule has 1 N–H and O–H groups in total. The molecule has 4 nitrogen and oxygen atoms in total. The van der Waals surface area contributed by atoms with Gasteiger partial charge < -0.3 is 5.32 Å². The zero-order valence-electron chi connectivity index (χ0n) is 13.9. The van der Waals surface area contributed by atoms with Gasteiger partial charge in [0.25, 0.3) is 5.91 Å². The fraction of sp³-hybridized carbons (Fsp3) is 0.105. The van der Waals surface area contributed by atoms with Gasteiger partial charge in [-0.25, -0.2) is 0 Å². The molecule has 0 aliphatic rings. The van der Waals surface area contributed by atoms with Gasteiger partial charge in [0.05, 0.1) is 5.56 Å². The molecule has 2 heterocycles. The molecule has 0 aliphatic carbocycles. The molecule has 0 unspecified atom stereocenters. The smallest absolute Gasteiger partial charge is 0.322 e. The number of carbonyl (C=O) groups excluding carboxylic acids is 1. The summed E-state index contributed by atoms with van der Waals surface area (Å²) in [7, 11) is 0. The molecule has 0 spiro atoms. The molecule has 0 atom stereocenters. The number of aromatic nitrogens is 2. The van der Waals surface area contributed by atoms with Crippen molar-refractivity contribution in [1.29, 1.82) is 0 Å². The Bertz CT molecular complexity index is 898. The second-order valence-electron chi connectivity index (χ2n) is 5.56. The minimum atomic E-state index is -4.53. The quantitative estimate of drug-likeness (QED) is 0.621. The Morgan fingerprint density at radius 1 is 1.04 bits per heavy atom. The van der Waals surface area contributed by atoms with Gasteiger partial charge in [0.1, 0.15) is 5.69 Å². The third kappa shape index (κ3) is 5.30. The summed E-state index contributed by atoms with van der Waals surface area (Å²) in [4.78, 5) is 20.5. The summed E-state index contributed by atoms with van der Waals surface area (Å²) in [5.41, 5.74) is 0.674. The van der Waals surface area contributed by atoms with Crippen molar-refractivity contribution >= 4 is 23.4 Å².